The third-order valence-corrected chi connectivity index (χ3v) is 1.73. The fourth-order valence-electron chi connectivity index (χ4n) is 0.887. The highest BCUT2D eigenvalue weighted by Crippen LogP contribution is 1.99. The first kappa shape index (κ1) is 15.4. The largest absolute Gasteiger partial charge is 0.460 e. The van der Waals surface area contributed by atoms with E-state index >= 15 is 0 Å². The first-order valence-corrected chi connectivity index (χ1v) is 5.23. The van der Waals surface area contributed by atoms with Crippen LogP contribution in [0.5, 0.6) is 0 Å². The van der Waals surface area contributed by atoms with Crippen LogP contribution in [-0.2, 0) is 23.8 Å². The summed E-state index contributed by atoms with van der Waals surface area (Å²) in [6.07, 6.45) is 1.52. The number of hydrogen-bond donors (Lipinski definition) is 0. The molecule has 5 nitrogen and oxygen atoms in total. The topological polar surface area (TPSA) is 61.8 Å². The Morgan fingerprint density at radius 3 is 2.18 bits per heavy atom. The van der Waals surface area contributed by atoms with Crippen molar-refractivity contribution in [3.05, 3.63) is 25.3 Å². The van der Waals surface area contributed by atoms with Crippen LogP contribution in [0.1, 0.15) is 13.8 Å². The predicted octanol–water partition coefficient (Wildman–Crippen LogP) is 1.24. The summed E-state index contributed by atoms with van der Waals surface area (Å²) in [6.45, 7) is 10.4. The standard InChI is InChI=1S/C12H18O5/c1-5-11(13)16-7-9(3)15-8-10(4)17-12(14)6-2/h5-6,9-10H,1-2,7-8H2,3-4H3. The first-order valence-electron chi connectivity index (χ1n) is 5.23. The maximum Gasteiger partial charge on any atom is 0.330 e. The minimum atomic E-state index is -0.494. The molecule has 0 aliphatic rings. The maximum atomic E-state index is 10.8. The van der Waals surface area contributed by atoms with E-state index in [-0.39, 0.29) is 25.4 Å². The Bertz CT molecular complexity index is 285. The molecule has 2 atom stereocenters. The van der Waals surface area contributed by atoms with E-state index in [0.29, 0.717) is 0 Å². The molecule has 0 aromatic rings. The lowest BCUT2D eigenvalue weighted by molar-refractivity contribution is -0.148. The smallest absolute Gasteiger partial charge is 0.330 e. The number of carbonyl (C=O) groups excluding carboxylic acids is 2. The monoisotopic (exact) mass is 242 g/mol. The Balaban J connectivity index is 3.71. The van der Waals surface area contributed by atoms with Gasteiger partial charge in [-0.25, -0.2) is 9.59 Å². The van der Waals surface area contributed by atoms with Crippen molar-refractivity contribution in [1.82, 2.24) is 0 Å². The Hall–Kier alpha value is -1.62. The van der Waals surface area contributed by atoms with Gasteiger partial charge >= 0.3 is 11.9 Å². The van der Waals surface area contributed by atoms with Crippen LogP contribution in [-0.4, -0.2) is 37.4 Å². The summed E-state index contributed by atoms with van der Waals surface area (Å²) in [5, 5.41) is 0. The summed E-state index contributed by atoms with van der Waals surface area (Å²) < 4.78 is 15.0. The van der Waals surface area contributed by atoms with Gasteiger partial charge in [0, 0.05) is 12.2 Å². The zero-order chi connectivity index (χ0) is 13.3. The molecule has 0 bridgehead atoms. The van der Waals surface area contributed by atoms with E-state index in [0.717, 1.165) is 12.2 Å². The molecule has 5 heteroatoms. The summed E-state index contributed by atoms with van der Waals surface area (Å²) in [5.41, 5.74) is 0. The van der Waals surface area contributed by atoms with Gasteiger partial charge in [0.25, 0.3) is 0 Å². The molecule has 0 N–H and O–H groups in total. The zero-order valence-corrected chi connectivity index (χ0v) is 10.2. The Kier molecular flexibility index (Phi) is 7.71. The van der Waals surface area contributed by atoms with Crippen molar-refractivity contribution in [2.24, 2.45) is 0 Å². The lowest BCUT2D eigenvalue weighted by Gasteiger charge is -2.16. The molecule has 0 fully saturated rings. The first-order chi connectivity index (χ1) is 7.99. The van der Waals surface area contributed by atoms with E-state index < -0.39 is 11.9 Å². The van der Waals surface area contributed by atoms with Gasteiger partial charge in [0.2, 0.25) is 0 Å². The van der Waals surface area contributed by atoms with Gasteiger partial charge in [0.05, 0.1) is 12.7 Å². The van der Waals surface area contributed by atoms with Crippen molar-refractivity contribution < 1.29 is 23.8 Å². The van der Waals surface area contributed by atoms with Gasteiger partial charge in [-0.1, -0.05) is 13.2 Å². The van der Waals surface area contributed by atoms with E-state index in [1.165, 1.54) is 0 Å². The van der Waals surface area contributed by atoms with E-state index in [4.69, 9.17) is 14.2 Å². The molecule has 0 amide bonds. The number of rotatable bonds is 8. The van der Waals surface area contributed by atoms with Crippen molar-refractivity contribution in [2.75, 3.05) is 13.2 Å². The average Bonchev–Trinajstić information content (AvgIpc) is 2.32. The van der Waals surface area contributed by atoms with Gasteiger partial charge in [-0.3, -0.25) is 0 Å². The third-order valence-electron chi connectivity index (χ3n) is 1.73. The molecule has 17 heavy (non-hydrogen) atoms. The highest BCUT2D eigenvalue weighted by molar-refractivity contribution is 5.81. The van der Waals surface area contributed by atoms with Crippen molar-refractivity contribution in [3.8, 4) is 0 Å². The molecular formula is C12H18O5. The van der Waals surface area contributed by atoms with Gasteiger partial charge in [-0.2, -0.15) is 0 Å². The fourth-order valence-corrected chi connectivity index (χ4v) is 0.887. The molecule has 0 aliphatic heterocycles. The lowest BCUT2D eigenvalue weighted by Crippen LogP contribution is -2.25. The van der Waals surface area contributed by atoms with Gasteiger partial charge in [0.1, 0.15) is 12.7 Å². The molecule has 0 radical (unpaired) electrons. The predicted molar refractivity (Wildman–Crippen MR) is 62.3 cm³/mol. The van der Waals surface area contributed by atoms with Crippen LogP contribution >= 0.6 is 0 Å². The van der Waals surface area contributed by atoms with Crippen molar-refractivity contribution in [2.45, 2.75) is 26.1 Å². The van der Waals surface area contributed by atoms with E-state index in [9.17, 15) is 9.59 Å². The second-order valence-corrected chi connectivity index (χ2v) is 3.43. The molecule has 2 unspecified atom stereocenters. The van der Waals surface area contributed by atoms with E-state index in [1.54, 1.807) is 13.8 Å². The van der Waals surface area contributed by atoms with Crippen LogP contribution in [0.15, 0.2) is 25.3 Å². The summed E-state index contributed by atoms with van der Waals surface area (Å²) in [7, 11) is 0. The van der Waals surface area contributed by atoms with E-state index in [2.05, 4.69) is 13.2 Å². The van der Waals surface area contributed by atoms with Crippen LogP contribution in [0.25, 0.3) is 0 Å². The SMILES string of the molecule is C=CC(=O)OCC(C)OCC(C)OC(=O)C=C. The minimum absolute atomic E-state index is 0.132. The third kappa shape index (κ3) is 8.21. The Morgan fingerprint density at radius 2 is 1.65 bits per heavy atom. The van der Waals surface area contributed by atoms with Gasteiger partial charge < -0.3 is 14.2 Å². The fraction of sp³-hybridized carbons (Fsp3) is 0.500. The van der Waals surface area contributed by atoms with Crippen LogP contribution in [0.4, 0.5) is 0 Å². The summed E-state index contributed by atoms with van der Waals surface area (Å²) in [6, 6.07) is 0. The summed E-state index contributed by atoms with van der Waals surface area (Å²) in [4.78, 5) is 21.6. The summed E-state index contributed by atoms with van der Waals surface area (Å²) in [5.74, 6) is -0.988. The number of esters is 2. The van der Waals surface area contributed by atoms with Crippen LogP contribution < -0.4 is 0 Å². The normalized spacial score (nSPS) is 13.3. The number of hydrogen-bond acceptors (Lipinski definition) is 5. The number of ether oxygens (including phenoxy) is 3. The highest BCUT2D eigenvalue weighted by atomic mass is 16.6. The van der Waals surface area contributed by atoms with E-state index in [1.807, 2.05) is 0 Å². The molecule has 0 heterocycles. The van der Waals surface area contributed by atoms with Gasteiger partial charge in [0.15, 0.2) is 0 Å². The zero-order valence-electron chi connectivity index (χ0n) is 10.2. The Labute approximate surface area is 101 Å². The molecular weight excluding hydrogens is 224 g/mol. The molecule has 96 valence electrons. The minimum Gasteiger partial charge on any atom is -0.460 e. The highest BCUT2D eigenvalue weighted by Gasteiger charge is 2.10. The van der Waals surface area contributed by atoms with Crippen molar-refractivity contribution >= 4 is 11.9 Å². The maximum absolute atomic E-state index is 10.8. The van der Waals surface area contributed by atoms with Gasteiger partial charge in [-0.05, 0) is 13.8 Å². The second-order valence-electron chi connectivity index (χ2n) is 3.43. The Morgan fingerprint density at radius 1 is 1.06 bits per heavy atom. The molecule has 0 aromatic heterocycles. The second kappa shape index (κ2) is 8.52. The molecule has 0 saturated heterocycles. The van der Waals surface area contributed by atoms with Crippen LogP contribution in [0.3, 0.4) is 0 Å². The van der Waals surface area contributed by atoms with Crippen LogP contribution in [0.2, 0.25) is 0 Å². The molecule has 0 saturated carbocycles. The van der Waals surface area contributed by atoms with Crippen molar-refractivity contribution in [3.63, 3.8) is 0 Å². The average molecular weight is 242 g/mol. The lowest BCUT2D eigenvalue weighted by atomic mass is 10.4. The van der Waals surface area contributed by atoms with Gasteiger partial charge in [-0.15, -0.1) is 0 Å². The van der Waals surface area contributed by atoms with Crippen molar-refractivity contribution in [1.29, 1.82) is 0 Å². The molecule has 0 aliphatic carbocycles. The quantitative estimate of drug-likeness (QED) is 0.473. The molecule has 0 aromatic carbocycles. The summed E-state index contributed by atoms with van der Waals surface area (Å²) >= 11 is 0. The number of carbonyl (C=O) groups is 2. The molecule has 0 rings (SSSR count). The van der Waals surface area contributed by atoms with Crippen LogP contribution in [0, 0.1) is 0 Å². The molecule has 0 spiro atoms.